The van der Waals surface area contributed by atoms with Gasteiger partial charge in [0.2, 0.25) is 0 Å². The van der Waals surface area contributed by atoms with Crippen LogP contribution in [0.4, 0.5) is 21.5 Å². The number of hydrogen-bond donors (Lipinski definition) is 2. The molecule has 6 nitrogen and oxygen atoms in total. The number of carbonyl (C=O) groups is 2. The van der Waals surface area contributed by atoms with Crippen molar-refractivity contribution < 1.29 is 14.0 Å². The highest BCUT2D eigenvalue weighted by molar-refractivity contribution is 6.09. The summed E-state index contributed by atoms with van der Waals surface area (Å²) < 4.78 is 13.8. The van der Waals surface area contributed by atoms with Gasteiger partial charge in [-0.25, -0.2) is 4.39 Å². The molecule has 29 heavy (non-hydrogen) atoms. The fraction of sp³-hybridized carbons (Fsp3) is 0.136. The van der Waals surface area contributed by atoms with Crippen LogP contribution in [0.2, 0.25) is 0 Å². The number of nitrogens with zero attached hydrogens (tertiary/aromatic N) is 2. The van der Waals surface area contributed by atoms with Crippen molar-refractivity contribution in [1.29, 1.82) is 0 Å². The van der Waals surface area contributed by atoms with Crippen LogP contribution in [0.15, 0.2) is 66.9 Å². The smallest absolute Gasteiger partial charge is 0.274 e. The summed E-state index contributed by atoms with van der Waals surface area (Å²) >= 11 is 0. The summed E-state index contributed by atoms with van der Waals surface area (Å²) in [6, 6.07) is 15.8. The highest BCUT2D eigenvalue weighted by atomic mass is 19.1. The Morgan fingerprint density at radius 2 is 1.69 bits per heavy atom. The van der Waals surface area contributed by atoms with Gasteiger partial charge in [0.15, 0.2) is 0 Å². The number of aromatic nitrogens is 1. The number of amides is 2. The normalized spacial score (nSPS) is 10.3. The molecular weight excluding hydrogens is 371 g/mol. The highest BCUT2D eigenvalue weighted by Gasteiger charge is 2.14. The van der Waals surface area contributed by atoms with Gasteiger partial charge in [-0.3, -0.25) is 14.6 Å². The van der Waals surface area contributed by atoms with Gasteiger partial charge in [0.1, 0.15) is 11.5 Å². The van der Waals surface area contributed by atoms with Gasteiger partial charge in [-0.2, -0.15) is 0 Å². The number of halogens is 1. The molecule has 0 aliphatic carbocycles. The molecule has 0 saturated carbocycles. The van der Waals surface area contributed by atoms with Gasteiger partial charge in [0.25, 0.3) is 11.8 Å². The summed E-state index contributed by atoms with van der Waals surface area (Å²) in [5.74, 6) is -1.40. The van der Waals surface area contributed by atoms with Gasteiger partial charge in [0.05, 0.1) is 11.4 Å². The van der Waals surface area contributed by atoms with Crippen molar-refractivity contribution in [3.05, 3.63) is 83.9 Å². The second-order valence-electron chi connectivity index (χ2n) is 6.37. The molecule has 0 saturated heterocycles. The summed E-state index contributed by atoms with van der Waals surface area (Å²) in [5, 5.41) is 5.31. The Kier molecular flexibility index (Phi) is 6.19. The molecule has 2 N–H and O–H groups in total. The number of nitrogens with one attached hydrogen (secondary N) is 2. The summed E-state index contributed by atoms with van der Waals surface area (Å²) in [7, 11) is 1.96. The summed E-state index contributed by atoms with van der Waals surface area (Å²) in [6.45, 7) is 2.87. The zero-order valence-corrected chi connectivity index (χ0v) is 16.1. The van der Waals surface area contributed by atoms with Crippen LogP contribution in [0, 0.1) is 5.82 Å². The van der Waals surface area contributed by atoms with Gasteiger partial charge in [-0.15, -0.1) is 0 Å². The SMILES string of the molecule is CCN(C)c1ccc(C(=O)Nc2cc(F)ccc2NC(=O)c2ccccn2)cc1. The van der Waals surface area contributed by atoms with Gasteiger partial charge in [0, 0.05) is 31.0 Å². The first-order valence-corrected chi connectivity index (χ1v) is 9.12. The second kappa shape index (κ2) is 8.97. The predicted molar refractivity (Wildman–Crippen MR) is 112 cm³/mol. The maximum absolute atomic E-state index is 13.8. The van der Waals surface area contributed by atoms with Crippen LogP contribution in [0.1, 0.15) is 27.8 Å². The molecule has 0 atom stereocenters. The average Bonchev–Trinajstić information content (AvgIpc) is 2.75. The van der Waals surface area contributed by atoms with Crippen LogP contribution in [0.5, 0.6) is 0 Å². The van der Waals surface area contributed by atoms with E-state index in [2.05, 4.69) is 15.6 Å². The molecule has 2 aromatic carbocycles. The Hall–Kier alpha value is -3.74. The van der Waals surface area contributed by atoms with Crippen LogP contribution in [-0.2, 0) is 0 Å². The zero-order chi connectivity index (χ0) is 20.8. The van der Waals surface area contributed by atoms with E-state index in [4.69, 9.17) is 0 Å². The number of carbonyl (C=O) groups excluding carboxylic acids is 2. The molecule has 0 spiro atoms. The maximum atomic E-state index is 13.8. The van der Waals surface area contributed by atoms with E-state index in [1.807, 2.05) is 31.0 Å². The first-order chi connectivity index (χ1) is 14.0. The van der Waals surface area contributed by atoms with Gasteiger partial charge < -0.3 is 15.5 Å². The molecule has 1 aromatic heterocycles. The van der Waals surface area contributed by atoms with Crippen molar-refractivity contribution in [2.45, 2.75) is 6.92 Å². The molecule has 0 unspecified atom stereocenters. The van der Waals surface area contributed by atoms with Crippen LogP contribution in [-0.4, -0.2) is 30.4 Å². The Bertz CT molecular complexity index is 1010. The van der Waals surface area contributed by atoms with E-state index >= 15 is 0 Å². The Morgan fingerprint density at radius 3 is 2.34 bits per heavy atom. The first kappa shape index (κ1) is 20.0. The Morgan fingerprint density at radius 1 is 0.966 bits per heavy atom. The van der Waals surface area contributed by atoms with Crippen LogP contribution in [0.25, 0.3) is 0 Å². The quantitative estimate of drug-likeness (QED) is 0.660. The number of hydrogen-bond acceptors (Lipinski definition) is 4. The topological polar surface area (TPSA) is 74.3 Å². The van der Waals surface area contributed by atoms with Crippen molar-refractivity contribution in [2.24, 2.45) is 0 Å². The van der Waals surface area contributed by atoms with Crippen LogP contribution >= 0.6 is 0 Å². The molecule has 0 aliphatic rings. The number of pyridine rings is 1. The monoisotopic (exact) mass is 392 g/mol. The summed E-state index contributed by atoms with van der Waals surface area (Å²) in [5.41, 5.74) is 2.05. The molecule has 3 aromatic rings. The maximum Gasteiger partial charge on any atom is 0.274 e. The van der Waals surface area contributed by atoms with E-state index in [-0.39, 0.29) is 17.1 Å². The largest absolute Gasteiger partial charge is 0.375 e. The molecule has 0 aliphatic heterocycles. The second-order valence-corrected chi connectivity index (χ2v) is 6.37. The first-order valence-electron chi connectivity index (χ1n) is 9.12. The summed E-state index contributed by atoms with van der Waals surface area (Å²) in [6.07, 6.45) is 1.50. The van der Waals surface area contributed by atoms with E-state index < -0.39 is 17.6 Å². The van der Waals surface area contributed by atoms with E-state index in [1.165, 1.54) is 18.3 Å². The minimum absolute atomic E-state index is 0.161. The lowest BCUT2D eigenvalue weighted by Gasteiger charge is -2.17. The molecule has 0 bridgehead atoms. The van der Waals surface area contributed by atoms with Crippen molar-refractivity contribution in [1.82, 2.24) is 4.98 Å². The molecule has 3 rings (SSSR count). The number of benzene rings is 2. The van der Waals surface area contributed by atoms with Crippen LogP contribution < -0.4 is 15.5 Å². The molecule has 2 amide bonds. The Labute approximate surface area is 168 Å². The lowest BCUT2D eigenvalue weighted by molar-refractivity contribution is 0.101. The van der Waals surface area contributed by atoms with Crippen molar-refractivity contribution in [2.75, 3.05) is 29.1 Å². The van der Waals surface area contributed by atoms with E-state index in [0.29, 0.717) is 5.56 Å². The van der Waals surface area contributed by atoms with Crippen molar-refractivity contribution >= 4 is 28.9 Å². The van der Waals surface area contributed by atoms with Gasteiger partial charge in [-0.05, 0) is 61.5 Å². The van der Waals surface area contributed by atoms with Gasteiger partial charge >= 0.3 is 0 Å². The van der Waals surface area contributed by atoms with E-state index in [0.717, 1.165) is 18.3 Å². The lowest BCUT2D eigenvalue weighted by Crippen LogP contribution is -2.18. The lowest BCUT2D eigenvalue weighted by atomic mass is 10.1. The zero-order valence-electron chi connectivity index (χ0n) is 16.1. The third kappa shape index (κ3) is 4.95. The third-order valence-corrected chi connectivity index (χ3v) is 4.42. The Balaban J connectivity index is 1.79. The number of anilines is 3. The standard InChI is InChI=1S/C22H21FN4O2/c1-3-27(2)17-10-7-15(8-11-17)21(28)26-20-14-16(23)9-12-18(20)25-22(29)19-6-4-5-13-24-19/h4-14H,3H2,1-2H3,(H,25,29)(H,26,28). The van der Waals surface area contributed by atoms with E-state index in [9.17, 15) is 14.0 Å². The highest BCUT2D eigenvalue weighted by Crippen LogP contribution is 2.24. The fourth-order valence-corrected chi connectivity index (χ4v) is 2.66. The van der Waals surface area contributed by atoms with Crippen molar-refractivity contribution in [3.8, 4) is 0 Å². The third-order valence-electron chi connectivity index (χ3n) is 4.42. The summed E-state index contributed by atoms with van der Waals surface area (Å²) in [4.78, 5) is 31.0. The molecule has 7 heteroatoms. The van der Waals surface area contributed by atoms with Gasteiger partial charge in [-0.1, -0.05) is 6.07 Å². The fourth-order valence-electron chi connectivity index (χ4n) is 2.66. The molecular formula is C22H21FN4O2. The molecule has 0 fully saturated rings. The average molecular weight is 392 g/mol. The van der Waals surface area contributed by atoms with Crippen molar-refractivity contribution in [3.63, 3.8) is 0 Å². The van der Waals surface area contributed by atoms with Crippen LogP contribution in [0.3, 0.4) is 0 Å². The molecule has 148 valence electrons. The molecule has 1 heterocycles. The minimum Gasteiger partial charge on any atom is -0.375 e. The minimum atomic E-state index is -0.531. The predicted octanol–water partition coefficient (Wildman–Crippen LogP) is 4.18. The van der Waals surface area contributed by atoms with E-state index in [1.54, 1.807) is 30.3 Å². The number of rotatable bonds is 6. The molecule has 0 radical (unpaired) electrons.